The summed E-state index contributed by atoms with van der Waals surface area (Å²) in [5, 5.41) is 7.91. The number of methoxy groups -OCH3 is 1. The molecule has 28 heavy (non-hydrogen) atoms. The summed E-state index contributed by atoms with van der Waals surface area (Å²) in [5.74, 6) is 1.19. The highest BCUT2D eigenvalue weighted by Gasteiger charge is 2.29. The van der Waals surface area contributed by atoms with Crippen molar-refractivity contribution in [2.75, 3.05) is 7.11 Å². The van der Waals surface area contributed by atoms with Crippen LogP contribution in [0.3, 0.4) is 0 Å². The molecule has 1 aliphatic carbocycles. The van der Waals surface area contributed by atoms with Crippen LogP contribution in [-0.2, 0) is 0 Å². The fourth-order valence-corrected chi connectivity index (χ4v) is 3.40. The zero-order valence-corrected chi connectivity index (χ0v) is 16.3. The Morgan fingerprint density at radius 1 is 1.18 bits per heavy atom. The number of para-hydroxylation sites is 1. The van der Waals surface area contributed by atoms with E-state index in [9.17, 15) is 4.79 Å². The first-order valence-corrected chi connectivity index (χ1v) is 9.79. The molecule has 0 spiro atoms. The van der Waals surface area contributed by atoms with Crippen LogP contribution in [0.2, 0.25) is 0 Å². The number of nitrogens with zero attached hydrogens (tertiary/aromatic N) is 2. The molecule has 1 unspecified atom stereocenters. The Kier molecular flexibility index (Phi) is 5.15. The van der Waals surface area contributed by atoms with Crippen molar-refractivity contribution in [2.24, 2.45) is 0 Å². The molecule has 0 saturated heterocycles. The first-order valence-electron chi connectivity index (χ1n) is 9.79. The van der Waals surface area contributed by atoms with Crippen LogP contribution in [0.4, 0.5) is 0 Å². The zero-order valence-electron chi connectivity index (χ0n) is 16.3. The van der Waals surface area contributed by atoms with Gasteiger partial charge < -0.3 is 10.1 Å². The first kappa shape index (κ1) is 18.3. The van der Waals surface area contributed by atoms with Crippen LogP contribution in [0.25, 0.3) is 5.69 Å². The van der Waals surface area contributed by atoms with Crippen molar-refractivity contribution in [3.05, 3.63) is 77.6 Å². The molecular weight excluding hydrogens is 350 g/mol. The van der Waals surface area contributed by atoms with Gasteiger partial charge in [-0.1, -0.05) is 37.3 Å². The molecule has 5 heteroatoms. The number of hydrogen-bond donors (Lipinski definition) is 1. The average Bonchev–Trinajstić information content (AvgIpc) is 3.50. The third-order valence-electron chi connectivity index (χ3n) is 5.19. The van der Waals surface area contributed by atoms with E-state index in [1.54, 1.807) is 11.8 Å². The number of amides is 1. The van der Waals surface area contributed by atoms with E-state index in [-0.39, 0.29) is 11.9 Å². The van der Waals surface area contributed by atoms with Crippen molar-refractivity contribution < 1.29 is 9.53 Å². The summed E-state index contributed by atoms with van der Waals surface area (Å²) in [6.45, 7) is 2.07. The Morgan fingerprint density at radius 3 is 2.50 bits per heavy atom. The molecule has 1 fully saturated rings. The number of rotatable bonds is 7. The molecule has 1 aromatic heterocycles. The number of benzene rings is 2. The third-order valence-corrected chi connectivity index (χ3v) is 5.19. The van der Waals surface area contributed by atoms with E-state index >= 15 is 0 Å². The molecule has 5 nitrogen and oxygen atoms in total. The largest absolute Gasteiger partial charge is 0.497 e. The molecule has 1 amide bonds. The highest BCUT2D eigenvalue weighted by molar-refractivity contribution is 5.93. The van der Waals surface area contributed by atoms with Gasteiger partial charge in [-0.15, -0.1) is 0 Å². The maximum atomic E-state index is 13.2. The second-order valence-electron chi connectivity index (χ2n) is 7.18. The lowest BCUT2D eigenvalue weighted by atomic mass is 10.0. The van der Waals surface area contributed by atoms with Gasteiger partial charge in [0.05, 0.1) is 24.5 Å². The number of ether oxygens (including phenoxy) is 1. The lowest BCUT2D eigenvalue weighted by Gasteiger charge is -2.18. The first-order chi connectivity index (χ1) is 13.7. The minimum absolute atomic E-state index is 0.0677. The standard InChI is InChI=1S/C23H25N3O2/c1-3-20(16-11-13-19(28-2)14-12-16)24-23(27)22-15-21(17-9-10-17)25-26(22)18-7-5-4-6-8-18/h4-8,11-15,17,20H,3,9-10H2,1-2H3,(H,24,27). The van der Waals surface area contributed by atoms with Gasteiger partial charge in [0.25, 0.3) is 5.91 Å². The Hall–Kier alpha value is -3.08. The van der Waals surface area contributed by atoms with Gasteiger partial charge in [-0.25, -0.2) is 4.68 Å². The minimum Gasteiger partial charge on any atom is -0.497 e. The van der Waals surface area contributed by atoms with Gasteiger partial charge in [-0.05, 0) is 55.2 Å². The number of aromatic nitrogens is 2. The van der Waals surface area contributed by atoms with Crippen molar-refractivity contribution in [2.45, 2.75) is 38.1 Å². The minimum atomic E-state index is -0.106. The number of carbonyl (C=O) groups excluding carboxylic acids is 1. The lowest BCUT2D eigenvalue weighted by molar-refractivity contribution is 0.0927. The predicted octanol–water partition coefficient (Wildman–Crippen LogP) is 4.64. The second kappa shape index (κ2) is 7.89. The van der Waals surface area contributed by atoms with Crippen molar-refractivity contribution in [1.82, 2.24) is 15.1 Å². The van der Waals surface area contributed by atoms with Crippen LogP contribution in [-0.4, -0.2) is 22.8 Å². The molecule has 1 saturated carbocycles. The van der Waals surface area contributed by atoms with Gasteiger partial charge in [-0.2, -0.15) is 5.10 Å². The summed E-state index contributed by atoms with van der Waals surface area (Å²) in [4.78, 5) is 13.2. The number of nitrogens with one attached hydrogen (secondary N) is 1. The maximum Gasteiger partial charge on any atom is 0.270 e. The summed E-state index contributed by atoms with van der Waals surface area (Å²) < 4.78 is 7.00. The van der Waals surface area contributed by atoms with Crippen LogP contribution in [0.1, 0.15) is 59.9 Å². The Balaban J connectivity index is 1.61. The van der Waals surface area contributed by atoms with Crippen LogP contribution in [0, 0.1) is 0 Å². The molecule has 0 radical (unpaired) electrons. The number of hydrogen-bond acceptors (Lipinski definition) is 3. The van der Waals surface area contributed by atoms with Crippen molar-refractivity contribution >= 4 is 5.91 Å². The second-order valence-corrected chi connectivity index (χ2v) is 7.18. The van der Waals surface area contributed by atoms with E-state index in [1.807, 2.05) is 60.7 Å². The molecular formula is C23H25N3O2. The van der Waals surface area contributed by atoms with E-state index in [1.165, 1.54) is 0 Å². The fourth-order valence-electron chi connectivity index (χ4n) is 3.40. The monoisotopic (exact) mass is 375 g/mol. The summed E-state index contributed by atoms with van der Waals surface area (Å²) >= 11 is 0. The molecule has 1 heterocycles. The normalized spacial score (nSPS) is 14.5. The molecule has 1 N–H and O–H groups in total. The lowest BCUT2D eigenvalue weighted by Crippen LogP contribution is -2.29. The molecule has 2 aromatic carbocycles. The van der Waals surface area contributed by atoms with Crippen molar-refractivity contribution in [3.8, 4) is 11.4 Å². The summed E-state index contributed by atoms with van der Waals surface area (Å²) in [5.41, 5.74) is 3.55. The highest BCUT2D eigenvalue weighted by atomic mass is 16.5. The van der Waals surface area contributed by atoms with E-state index in [0.717, 1.165) is 42.0 Å². The van der Waals surface area contributed by atoms with Gasteiger partial charge in [0.15, 0.2) is 0 Å². The van der Waals surface area contributed by atoms with E-state index < -0.39 is 0 Å². The van der Waals surface area contributed by atoms with Crippen LogP contribution in [0.15, 0.2) is 60.7 Å². The fraction of sp³-hybridized carbons (Fsp3) is 0.304. The van der Waals surface area contributed by atoms with E-state index in [0.29, 0.717) is 11.6 Å². The molecule has 3 aromatic rings. The molecule has 0 aliphatic heterocycles. The van der Waals surface area contributed by atoms with Gasteiger partial charge in [0, 0.05) is 5.92 Å². The molecule has 0 bridgehead atoms. The summed E-state index contributed by atoms with van der Waals surface area (Å²) in [6.07, 6.45) is 3.10. The quantitative estimate of drug-likeness (QED) is 0.654. The van der Waals surface area contributed by atoms with Gasteiger partial charge in [-0.3, -0.25) is 4.79 Å². The zero-order chi connectivity index (χ0) is 19.5. The van der Waals surface area contributed by atoms with Gasteiger partial charge in [0.2, 0.25) is 0 Å². The van der Waals surface area contributed by atoms with Gasteiger partial charge >= 0.3 is 0 Å². The molecule has 1 aliphatic rings. The molecule has 1 atom stereocenters. The Labute approximate surface area is 165 Å². The summed E-state index contributed by atoms with van der Waals surface area (Å²) in [7, 11) is 1.65. The van der Waals surface area contributed by atoms with Gasteiger partial charge in [0.1, 0.15) is 11.4 Å². The SMILES string of the molecule is CCC(NC(=O)c1cc(C2CC2)nn1-c1ccccc1)c1ccc(OC)cc1. The van der Waals surface area contributed by atoms with Crippen LogP contribution < -0.4 is 10.1 Å². The maximum absolute atomic E-state index is 13.2. The Morgan fingerprint density at radius 2 is 1.89 bits per heavy atom. The predicted molar refractivity (Wildman–Crippen MR) is 109 cm³/mol. The summed E-state index contributed by atoms with van der Waals surface area (Å²) in [6, 6.07) is 19.5. The average molecular weight is 375 g/mol. The van der Waals surface area contributed by atoms with Crippen LogP contribution >= 0.6 is 0 Å². The topological polar surface area (TPSA) is 56.2 Å². The third kappa shape index (κ3) is 3.79. The van der Waals surface area contributed by atoms with Crippen LogP contribution in [0.5, 0.6) is 5.75 Å². The van der Waals surface area contributed by atoms with E-state index in [2.05, 4.69) is 12.2 Å². The van der Waals surface area contributed by atoms with E-state index in [4.69, 9.17) is 9.84 Å². The van der Waals surface area contributed by atoms with Crippen molar-refractivity contribution in [3.63, 3.8) is 0 Å². The van der Waals surface area contributed by atoms with Crippen molar-refractivity contribution in [1.29, 1.82) is 0 Å². The highest BCUT2D eigenvalue weighted by Crippen LogP contribution is 2.39. The molecule has 144 valence electrons. The Bertz CT molecular complexity index is 944. The molecule has 4 rings (SSSR count). The number of carbonyl (C=O) groups is 1. The smallest absolute Gasteiger partial charge is 0.270 e.